The highest BCUT2D eigenvalue weighted by Crippen LogP contribution is 2.26. The largest absolute Gasteiger partial charge is 0.392 e. The second kappa shape index (κ2) is 6.29. The Morgan fingerprint density at radius 1 is 1.00 bits per heavy atom. The van der Waals surface area contributed by atoms with Crippen LogP contribution in [0, 0.1) is 0 Å². The zero-order valence-electron chi connectivity index (χ0n) is 13.4. The van der Waals surface area contributed by atoms with Crippen LogP contribution >= 0.6 is 11.3 Å². The highest BCUT2D eigenvalue weighted by molar-refractivity contribution is 7.91. The minimum atomic E-state index is -3.82. The first kappa shape index (κ1) is 16.9. The maximum absolute atomic E-state index is 11.3. The Morgan fingerprint density at radius 2 is 1.58 bits per heavy atom. The highest BCUT2D eigenvalue weighted by Gasteiger charge is 2.17. The van der Waals surface area contributed by atoms with E-state index in [-0.39, 0.29) is 10.9 Å². The molecular weight excluding hydrogens is 372 g/mol. The first-order valence-corrected chi connectivity index (χ1v) is 10.00. The number of aliphatic hydroxyl groups is 1. The molecule has 0 fully saturated rings. The molecule has 0 aliphatic carbocycles. The molecular formula is C17H14N4O3S2. The number of nitrogens with two attached hydrogens (primary N) is 1. The van der Waals surface area contributed by atoms with E-state index in [4.69, 9.17) is 10.2 Å². The van der Waals surface area contributed by atoms with Gasteiger partial charge < -0.3 is 5.11 Å². The van der Waals surface area contributed by atoms with Gasteiger partial charge in [-0.3, -0.25) is 0 Å². The summed E-state index contributed by atoms with van der Waals surface area (Å²) in [6.45, 7) is 0.0257. The van der Waals surface area contributed by atoms with Crippen molar-refractivity contribution < 1.29 is 13.5 Å². The monoisotopic (exact) mass is 386 g/mol. The van der Waals surface area contributed by atoms with Crippen LogP contribution in [0.1, 0.15) is 5.56 Å². The molecule has 0 aliphatic rings. The number of hydrogen-bond acceptors (Lipinski definition) is 6. The van der Waals surface area contributed by atoms with Gasteiger partial charge in [0.05, 0.1) is 18.5 Å². The van der Waals surface area contributed by atoms with Gasteiger partial charge in [0.2, 0.25) is 9.30 Å². The van der Waals surface area contributed by atoms with E-state index in [0.29, 0.717) is 10.7 Å². The van der Waals surface area contributed by atoms with Gasteiger partial charge in [0, 0.05) is 5.56 Å². The van der Waals surface area contributed by atoms with E-state index in [1.165, 1.54) is 4.52 Å². The minimum absolute atomic E-state index is 0.0257. The zero-order chi connectivity index (χ0) is 18.3. The van der Waals surface area contributed by atoms with Crippen LogP contribution in [-0.4, -0.2) is 28.1 Å². The van der Waals surface area contributed by atoms with Gasteiger partial charge in [-0.15, -0.1) is 5.10 Å². The van der Waals surface area contributed by atoms with Crippen LogP contribution in [0.15, 0.2) is 59.1 Å². The van der Waals surface area contributed by atoms with Crippen molar-refractivity contribution in [3.8, 4) is 22.4 Å². The molecule has 0 bridgehead atoms. The normalized spacial score (nSPS) is 11.9. The standard InChI is InChI=1S/C17H14N4O3S2/c18-26(23,24)17-20-21-9-15(19-16(21)25-17)14-7-5-13(6-8-14)12-3-1-11(10-22)2-4-12/h1-9,22H,10H2,(H2,18,23,24). The average Bonchev–Trinajstić information content (AvgIpc) is 3.21. The van der Waals surface area contributed by atoms with Crippen molar-refractivity contribution in [1.29, 1.82) is 0 Å². The molecule has 0 aliphatic heterocycles. The Balaban J connectivity index is 1.63. The third-order valence-electron chi connectivity index (χ3n) is 3.92. The number of benzene rings is 2. The molecule has 7 nitrogen and oxygen atoms in total. The van der Waals surface area contributed by atoms with Crippen molar-refractivity contribution in [2.24, 2.45) is 5.14 Å². The lowest BCUT2D eigenvalue weighted by atomic mass is 10.0. The fourth-order valence-corrected chi connectivity index (χ4v) is 4.08. The third-order valence-corrected chi connectivity index (χ3v) is 6.15. The van der Waals surface area contributed by atoms with Gasteiger partial charge in [0.25, 0.3) is 10.0 Å². The van der Waals surface area contributed by atoms with E-state index >= 15 is 0 Å². The fraction of sp³-hybridized carbons (Fsp3) is 0.0588. The molecule has 2 aromatic heterocycles. The lowest BCUT2D eigenvalue weighted by Crippen LogP contribution is -2.12. The van der Waals surface area contributed by atoms with Gasteiger partial charge in [0.1, 0.15) is 0 Å². The quantitative estimate of drug-likeness (QED) is 0.559. The fourth-order valence-electron chi connectivity index (χ4n) is 2.57. The van der Waals surface area contributed by atoms with Crippen molar-refractivity contribution in [2.45, 2.75) is 10.9 Å². The predicted octanol–water partition coefficient (Wildman–Crippen LogP) is 2.26. The van der Waals surface area contributed by atoms with E-state index in [9.17, 15) is 8.42 Å². The maximum Gasteiger partial charge on any atom is 0.267 e. The molecule has 3 N–H and O–H groups in total. The van der Waals surface area contributed by atoms with E-state index in [0.717, 1.165) is 33.6 Å². The molecule has 132 valence electrons. The predicted molar refractivity (Wildman–Crippen MR) is 99.0 cm³/mol. The molecule has 0 saturated heterocycles. The number of hydrogen-bond donors (Lipinski definition) is 2. The van der Waals surface area contributed by atoms with Gasteiger partial charge >= 0.3 is 0 Å². The Bertz CT molecular complexity index is 1150. The van der Waals surface area contributed by atoms with Crippen molar-refractivity contribution >= 4 is 26.3 Å². The number of primary sulfonamides is 1. The smallest absolute Gasteiger partial charge is 0.267 e. The Morgan fingerprint density at radius 3 is 2.12 bits per heavy atom. The van der Waals surface area contributed by atoms with Crippen molar-refractivity contribution in [3.05, 3.63) is 60.3 Å². The summed E-state index contributed by atoms with van der Waals surface area (Å²) in [5, 5.41) is 18.1. The number of sulfonamides is 1. The number of aliphatic hydroxyl groups excluding tert-OH is 1. The summed E-state index contributed by atoms with van der Waals surface area (Å²) in [5.74, 6) is 0. The topological polar surface area (TPSA) is 111 Å². The lowest BCUT2D eigenvalue weighted by Gasteiger charge is -2.04. The van der Waals surface area contributed by atoms with Crippen molar-refractivity contribution in [3.63, 3.8) is 0 Å². The first-order chi connectivity index (χ1) is 12.4. The number of nitrogens with zero attached hydrogens (tertiary/aromatic N) is 3. The number of aromatic nitrogens is 3. The zero-order valence-corrected chi connectivity index (χ0v) is 15.0. The lowest BCUT2D eigenvalue weighted by molar-refractivity contribution is 0.282. The third kappa shape index (κ3) is 3.13. The summed E-state index contributed by atoms with van der Waals surface area (Å²) in [7, 11) is -3.82. The van der Waals surface area contributed by atoms with Crippen LogP contribution in [-0.2, 0) is 16.6 Å². The molecule has 4 rings (SSSR count). The van der Waals surface area contributed by atoms with Crippen LogP contribution in [0.25, 0.3) is 27.3 Å². The number of rotatable bonds is 4. The van der Waals surface area contributed by atoms with Crippen LogP contribution < -0.4 is 5.14 Å². The average molecular weight is 386 g/mol. The Hall–Kier alpha value is -2.59. The molecule has 9 heteroatoms. The molecule has 0 unspecified atom stereocenters. The molecule has 0 radical (unpaired) electrons. The number of imidazole rings is 1. The van der Waals surface area contributed by atoms with E-state index in [1.54, 1.807) is 6.20 Å². The Labute approximate surface area is 153 Å². The second-order valence-electron chi connectivity index (χ2n) is 5.70. The summed E-state index contributed by atoms with van der Waals surface area (Å²) in [4.78, 5) is 4.88. The van der Waals surface area contributed by atoms with Gasteiger partial charge in [0.15, 0.2) is 0 Å². The minimum Gasteiger partial charge on any atom is -0.392 e. The van der Waals surface area contributed by atoms with Crippen LogP contribution in [0.4, 0.5) is 0 Å². The maximum atomic E-state index is 11.3. The number of fused-ring (bicyclic) bond motifs is 1. The summed E-state index contributed by atoms with van der Waals surface area (Å²) in [6, 6.07) is 15.6. The summed E-state index contributed by atoms with van der Waals surface area (Å²) < 4.78 is 23.9. The van der Waals surface area contributed by atoms with Crippen LogP contribution in [0.2, 0.25) is 0 Å². The Kier molecular flexibility index (Phi) is 4.08. The molecule has 0 saturated carbocycles. The summed E-state index contributed by atoms with van der Waals surface area (Å²) in [6.07, 6.45) is 1.67. The second-order valence-corrected chi connectivity index (χ2v) is 8.39. The van der Waals surface area contributed by atoms with Crippen molar-refractivity contribution in [2.75, 3.05) is 0 Å². The van der Waals surface area contributed by atoms with E-state index < -0.39 is 10.0 Å². The summed E-state index contributed by atoms with van der Waals surface area (Å²) in [5.41, 5.74) is 4.57. The molecule has 2 aromatic carbocycles. The summed E-state index contributed by atoms with van der Waals surface area (Å²) >= 11 is 0.931. The van der Waals surface area contributed by atoms with Gasteiger partial charge in [-0.25, -0.2) is 23.1 Å². The van der Waals surface area contributed by atoms with Crippen molar-refractivity contribution in [1.82, 2.24) is 14.6 Å². The first-order valence-electron chi connectivity index (χ1n) is 7.64. The molecule has 0 amide bonds. The van der Waals surface area contributed by atoms with Gasteiger partial charge in [-0.2, -0.15) is 0 Å². The van der Waals surface area contributed by atoms with Gasteiger partial charge in [-0.1, -0.05) is 59.9 Å². The SMILES string of the molecule is NS(=O)(=O)c1nn2cc(-c3ccc(-c4ccc(CO)cc4)cc3)nc2s1. The van der Waals surface area contributed by atoms with Crippen LogP contribution in [0.3, 0.4) is 0 Å². The molecule has 26 heavy (non-hydrogen) atoms. The molecule has 4 aromatic rings. The highest BCUT2D eigenvalue weighted by atomic mass is 32.2. The molecule has 0 atom stereocenters. The van der Waals surface area contributed by atoms with Gasteiger partial charge in [-0.05, 0) is 16.7 Å². The molecule has 2 heterocycles. The van der Waals surface area contributed by atoms with E-state index in [2.05, 4.69) is 10.1 Å². The van der Waals surface area contributed by atoms with E-state index in [1.807, 2.05) is 48.5 Å². The van der Waals surface area contributed by atoms with Crippen LogP contribution in [0.5, 0.6) is 0 Å². The molecule has 0 spiro atoms.